The molecule has 0 aliphatic carbocycles. The van der Waals surface area contributed by atoms with E-state index in [9.17, 15) is 19.5 Å². The highest BCUT2D eigenvalue weighted by atomic mass is 32.1. The number of aryl methyl sites for hydroxylation is 1. The summed E-state index contributed by atoms with van der Waals surface area (Å²) in [5.74, 6) is -0.568. The predicted molar refractivity (Wildman–Crippen MR) is 114 cm³/mol. The molecule has 0 spiro atoms. The number of carbonyl (C=O) groups excluding carboxylic acids is 1. The Labute approximate surface area is 169 Å². The van der Waals surface area contributed by atoms with Crippen molar-refractivity contribution in [1.82, 2.24) is 4.90 Å². The van der Waals surface area contributed by atoms with Crippen LogP contribution in [0.15, 0.2) is 26.4 Å². The standard InChI is InChI=1S/C19H21N3O4S2/c1-5-10(12-6-9(2)7-27-12)20-13-14(17(25)16(13)24)21-11-8-28-18(15(11)23)19(26)22(3)4/h6-8,10,20-21,23H,5H2,1-4H3/t10-/m1/s1. The summed E-state index contributed by atoms with van der Waals surface area (Å²) in [4.78, 5) is 38.9. The number of amides is 1. The number of rotatable bonds is 7. The lowest BCUT2D eigenvalue weighted by molar-refractivity contribution is 0.0829. The molecule has 0 aliphatic rings. The molecule has 0 radical (unpaired) electrons. The molecule has 1 atom stereocenters. The van der Waals surface area contributed by atoms with Gasteiger partial charge in [-0.2, -0.15) is 0 Å². The second-order valence-electron chi connectivity index (χ2n) is 6.69. The normalized spacial score (nSPS) is 12.1. The van der Waals surface area contributed by atoms with Gasteiger partial charge < -0.3 is 20.6 Å². The number of carbonyl (C=O) groups is 1. The van der Waals surface area contributed by atoms with Gasteiger partial charge in [0.2, 0.25) is 0 Å². The second-order valence-corrected chi connectivity index (χ2v) is 8.51. The SMILES string of the molecule is CC[C@@H](Nc1c(Nc2csc(C(=O)N(C)C)c2O)c(=O)c1=O)c1cc(C)cs1. The van der Waals surface area contributed by atoms with Gasteiger partial charge in [0, 0.05) is 24.4 Å². The molecule has 1 aromatic carbocycles. The molecule has 2 heterocycles. The molecule has 3 rings (SSSR count). The van der Waals surface area contributed by atoms with Crippen LogP contribution in [0.2, 0.25) is 0 Å². The van der Waals surface area contributed by atoms with Gasteiger partial charge in [-0.1, -0.05) is 6.92 Å². The van der Waals surface area contributed by atoms with Gasteiger partial charge in [-0.3, -0.25) is 14.4 Å². The number of hydrogen-bond acceptors (Lipinski definition) is 8. The zero-order chi connectivity index (χ0) is 20.6. The van der Waals surface area contributed by atoms with Crippen molar-refractivity contribution in [2.75, 3.05) is 24.7 Å². The molecule has 28 heavy (non-hydrogen) atoms. The molecular formula is C19H21N3O4S2. The molecule has 0 aliphatic heterocycles. The van der Waals surface area contributed by atoms with E-state index in [2.05, 4.69) is 10.6 Å². The van der Waals surface area contributed by atoms with Crippen LogP contribution >= 0.6 is 22.7 Å². The van der Waals surface area contributed by atoms with Gasteiger partial charge in [0.05, 0.1) is 11.7 Å². The molecule has 1 amide bonds. The van der Waals surface area contributed by atoms with E-state index in [0.29, 0.717) is 0 Å². The minimum Gasteiger partial charge on any atom is -0.504 e. The van der Waals surface area contributed by atoms with Crippen LogP contribution in [0.3, 0.4) is 0 Å². The summed E-state index contributed by atoms with van der Waals surface area (Å²) in [6, 6.07) is 1.96. The van der Waals surface area contributed by atoms with E-state index >= 15 is 0 Å². The third-order valence-corrected chi connectivity index (χ3v) is 6.48. The van der Waals surface area contributed by atoms with E-state index in [4.69, 9.17) is 0 Å². The Morgan fingerprint density at radius 3 is 2.43 bits per heavy atom. The molecule has 148 valence electrons. The smallest absolute Gasteiger partial charge is 0.267 e. The number of nitrogens with one attached hydrogen (secondary N) is 2. The van der Waals surface area contributed by atoms with Gasteiger partial charge in [0.25, 0.3) is 16.8 Å². The van der Waals surface area contributed by atoms with Gasteiger partial charge in [-0.05, 0) is 30.4 Å². The van der Waals surface area contributed by atoms with Crippen LogP contribution in [-0.2, 0) is 0 Å². The van der Waals surface area contributed by atoms with Crippen molar-refractivity contribution in [1.29, 1.82) is 0 Å². The molecule has 0 saturated heterocycles. The van der Waals surface area contributed by atoms with E-state index < -0.39 is 10.9 Å². The van der Waals surface area contributed by atoms with E-state index in [1.807, 2.05) is 25.3 Å². The van der Waals surface area contributed by atoms with Crippen molar-refractivity contribution in [3.8, 4) is 5.75 Å². The van der Waals surface area contributed by atoms with Crippen molar-refractivity contribution >= 4 is 45.6 Å². The first-order valence-corrected chi connectivity index (χ1v) is 10.4. The van der Waals surface area contributed by atoms with Crippen LogP contribution in [0, 0.1) is 6.92 Å². The fraction of sp³-hybridized carbons (Fsp3) is 0.316. The monoisotopic (exact) mass is 419 g/mol. The third-order valence-electron chi connectivity index (χ3n) is 4.36. The van der Waals surface area contributed by atoms with Gasteiger partial charge in [0.1, 0.15) is 16.3 Å². The highest BCUT2D eigenvalue weighted by Gasteiger charge is 2.26. The lowest BCUT2D eigenvalue weighted by Gasteiger charge is -2.20. The first-order chi connectivity index (χ1) is 13.2. The quantitative estimate of drug-likeness (QED) is 0.508. The number of thiophene rings is 2. The molecule has 0 unspecified atom stereocenters. The van der Waals surface area contributed by atoms with Crippen molar-refractivity contribution in [3.63, 3.8) is 0 Å². The molecule has 2 aromatic heterocycles. The van der Waals surface area contributed by atoms with Gasteiger partial charge in [0.15, 0.2) is 5.75 Å². The molecule has 7 nitrogen and oxygen atoms in total. The number of nitrogens with zero attached hydrogens (tertiary/aromatic N) is 1. The summed E-state index contributed by atoms with van der Waals surface area (Å²) in [7, 11) is 3.18. The Kier molecular flexibility index (Phi) is 5.57. The zero-order valence-corrected chi connectivity index (χ0v) is 17.6. The maximum absolute atomic E-state index is 12.1. The van der Waals surface area contributed by atoms with Crippen molar-refractivity contribution in [2.24, 2.45) is 0 Å². The summed E-state index contributed by atoms with van der Waals surface area (Å²) in [6.07, 6.45) is 0.739. The van der Waals surface area contributed by atoms with Gasteiger partial charge in [-0.25, -0.2) is 0 Å². The molecule has 9 heteroatoms. The molecule has 3 aromatic rings. The summed E-state index contributed by atoms with van der Waals surface area (Å²) in [5.41, 5.74) is 0.442. The fourth-order valence-electron chi connectivity index (χ4n) is 2.76. The summed E-state index contributed by atoms with van der Waals surface area (Å²) in [6.45, 7) is 4.00. The lowest BCUT2D eigenvalue weighted by Crippen LogP contribution is -2.37. The van der Waals surface area contributed by atoms with Gasteiger partial charge >= 0.3 is 0 Å². The summed E-state index contributed by atoms with van der Waals surface area (Å²) in [5, 5.41) is 19.9. The second kappa shape index (κ2) is 7.76. The average Bonchev–Trinajstić information content (AvgIpc) is 3.26. The minimum atomic E-state index is -0.647. The van der Waals surface area contributed by atoms with Crippen LogP contribution in [0.4, 0.5) is 17.1 Å². The highest BCUT2D eigenvalue weighted by molar-refractivity contribution is 7.13. The maximum Gasteiger partial charge on any atom is 0.267 e. The Morgan fingerprint density at radius 2 is 1.86 bits per heavy atom. The van der Waals surface area contributed by atoms with E-state index in [1.165, 1.54) is 4.90 Å². The average molecular weight is 420 g/mol. The number of anilines is 3. The molecule has 3 N–H and O–H groups in total. The van der Waals surface area contributed by atoms with Crippen molar-refractivity contribution in [2.45, 2.75) is 26.3 Å². The third kappa shape index (κ3) is 3.55. The Morgan fingerprint density at radius 1 is 1.18 bits per heavy atom. The van der Waals surface area contributed by atoms with E-state index in [-0.39, 0.29) is 39.6 Å². The van der Waals surface area contributed by atoms with E-state index in [1.54, 1.807) is 30.8 Å². The first-order valence-electron chi connectivity index (χ1n) is 8.68. The largest absolute Gasteiger partial charge is 0.504 e. The van der Waals surface area contributed by atoms with Crippen LogP contribution in [-0.4, -0.2) is 30.0 Å². The molecular weight excluding hydrogens is 398 g/mol. The zero-order valence-electron chi connectivity index (χ0n) is 16.0. The maximum atomic E-state index is 12.1. The van der Waals surface area contributed by atoms with Crippen LogP contribution < -0.4 is 21.5 Å². The van der Waals surface area contributed by atoms with Crippen molar-refractivity contribution in [3.05, 3.63) is 52.6 Å². The molecule has 0 fully saturated rings. The summed E-state index contributed by atoms with van der Waals surface area (Å²) < 4.78 is 0. The molecule has 0 saturated carbocycles. The highest BCUT2D eigenvalue weighted by Crippen LogP contribution is 2.38. The van der Waals surface area contributed by atoms with E-state index in [0.717, 1.165) is 28.2 Å². The number of aromatic hydroxyl groups is 1. The van der Waals surface area contributed by atoms with Crippen LogP contribution in [0.5, 0.6) is 5.75 Å². The Hall–Kier alpha value is -2.65. The first kappa shape index (κ1) is 20.1. The van der Waals surface area contributed by atoms with Crippen molar-refractivity contribution < 1.29 is 9.90 Å². The topological polar surface area (TPSA) is 98.7 Å². The fourth-order valence-corrected chi connectivity index (χ4v) is 4.71. The minimum absolute atomic E-state index is 0.0931. The van der Waals surface area contributed by atoms with Crippen LogP contribution in [0.1, 0.15) is 39.5 Å². The Balaban J connectivity index is 1.86. The Bertz CT molecular complexity index is 1090. The molecule has 0 bridgehead atoms. The lowest BCUT2D eigenvalue weighted by atomic mass is 10.1. The predicted octanol–water partition coefficient (Wildman–Crippen LogP) is 3.43. The van der Waals surface area contributed by atoms with Gasteiger partial charge in [-0.15, -0.1) is 22.7 Å². The van der Waals surface area contributed by atoms with Crippen LogP contribution in [0.25, 0.3) is 0 Å². The summed E-state index contributed by atoms with van der Waals surface area (Å²) >= 11 is 2.66. The number of hydrogen-bond donors (Lipinski definition) is 3.